The van der Waals surface area contributed by atoms with Crippen LogP contribution in [0.15, 0.2) is 152 Å². The van der Waals surface area contributed by atoms with Gasteiger partial charge in [-0.05, 0) is 133 Å². The molecule has 0 spiro atoms. The van der Waals surface area contributed by atoms with E-state index in [1.54, 1.807) is 66.3 Å². The van der Waals surface area contributed by atoms with Crippen LogP contribution in [0.5, 0.6) is 34.5 Å². The molecule has 3 heterocycles. The third kappa shape index (κ3) is 16.6. The Balaban J connectivity index is 0.783. The van der Waals surface area contributed by atoms with Crippen molar-refractivity contribution in [1.82, 2.24) is 20.9 Å². The monoisotopic (exact) mass is 1260 g/mol. The lowest BCUT2D eigenvalue weighted by Crippen LogP contribution is -2.35. The van der Waals surface area contributed by atoms with Crippen LogP contribution in [-0.4, -0.2) is 98.2 Å². The summed E-state index contributed by atoms with van der Waals surface area (Å²) in [6.45, 7) is 5.07. The summed E-state index contributed by atoms with van der Waals surface area (Å²) in [6, 6.07) is 43.3. The minimum Gasteiger partial charge on any atom is -0.493 e. The third-order valence-corrected chi connectivity index (χ3v) is 17.5. The highest BCUT2D eigenvalue weighted by molar-refractivity contribution is 8.01. The molecule has 6 aromatic carbocycles. The molecule has 2 aliphatic heterocycles. The van der Waals surface area contributed by atoms with Gasteiger partial charge in [0.05, 0.1) is 47.5 Å². The van der Waals surface area contributed by atoms with Crippen molar-refractivity contribution in [3.63, 3.8) is 0 Å². The number of anilines is 2. The molecular formula is C67H66ClN7O12S2. The molecule has 5 N–H and O–H groups in total. The minimum atomic E-state index is -0.759. The molecule has 2 fully saturated rings. The van der Waals surface area contributed by atoms with Crippen LogP contribution in [0.4, 0.5) is 11.5 Å². The van der Waals surface area contributed by atoms with E-state index in [9.17, 15) is 28.8 Å². The van der Waals surface area contributed by atoms with Crippen molar-refractivity contribution < 1.29 is 57.2 Å². The fourth-order valence-corrected chi connectivity index (χ4v) is 12.9. The number of carbonyl (C=O) groups excluding carboxylic acids is 6. The number of halogens is 1. The Hall–Kier alpha value is -9.36. The zero-order valence-corrected chi connectivity index (χ0v) is 51.7. The fourth-order valence-electron chi connectivity index (χ4n) is 9.80. The van der Waals surface area contributed by atoms with Gasteiger partial charge in [0, 0.05) is 37.8 Å². The number of nitrogens with one attached hydrogen (secondary N) is 3. The largest absolute Gasteiger partial charge is 0.493 e. The molecule has 89 heavy (non-hydrogen) atoms. The molecule has 1 aromatic heterocycles. The van der Waals surface area contributed by atoms with E-state index in [0.717, 1.165) is 27.8 Å². The van der Waals surface area contributed by atoms with Gasteiger partial charge in [0.15, 0.2) is 29.7 Å². The first-order chi connectivity index (χ1) is 43.2. The number of methoxy groups -OCH3 is 2. The zero-order valence-electron chi connectivity index (χ0n) is 49.3. The second-order valence-electron chi connectivity index (χ2n) is 20.2. The summed E-state index contributed by atoms with van der Waals surface area (Å²) in [5.74, 6) is 6.71. The van der Waals surface area contributed by atoms with Gasteiger partial charge in [-0.25, -0.2) is 4.98 Å². The van der Waals surface area contributed by atoms with Gasteiger partial charge in [-0.2, -0.15) is 0 Å². The van der Waals surface area contributed by atoms with E-state index < -0.39 is 33.1 Å². The molecule has 0 bridgehead atoms. The molecule has 22 heteroatoms. The normalized spacial score (nSPS) is 16.0. The van der Waals surface area contributed by atoms with Crippen molar-refractivity contribution in [1.29, 1.82) is 0 Å². The maximum absolute atomic E-state index is 14.4. The van der Waals surface area contributed by atoms with Crippen LogP contribution >= 0.6 is 35.1 Å². The smallest absolute Gasteiger partial charge is 0.255 e. The highest BCUT2D eigenvalue weighted by Gasteiger charge is 2.45. The molecule has 4 atom stereocenters. The van der Waals surface area contributed by atoms with Gasteiger partial charge in [-0.1, -0.05) is 84.3 Å². The maximum Gasteiger partial charge on any atom is 0.255 e. The molecule has 19 nitrogen and oxygen atoms in total. The highest BCUT2D eigenvalue weighted by atomic mass is 35.5. The summed E-state index contributed by atoms with van der Waals surface area (Å²) in [5, 5.41) is 6.20. The zero-order chi connectivity index (χ0) is 62.8. The second kappa shape index (κ2) is 31.0. The van der Waals surface area contributed by atoms with Crippen molar-refractivity contribution in [3.8, 4) is 46.3 Å². The number of pyridine rings is 1. The molecule has 0 aliphatic carbocycles. The Morgan fingerprint density at radius 2 is 1.22 bits per heavy atom. The van der Waals surface area contributed by atoms with E-state index in [-0.39, 0.29) is 72.5 Å². The molecule has 460 valence electrons. The molecule has 9 rings (SSSR count). The molecular weight excluding hydrogens is 1190 g/mol. The number of ether oxygens (including phenoxy) is 6. The van der Waals surface area contributed by atoms with Gasteiger partial charge in [0.2, 0.25) is 29.5 Å². The van der Waals surface area contributed by atoms with E-state index >= 15 is 0 Å². The third-order valence-electron chi connectivity index (χ3n) is 14.3. The first-order valence-corrected chi connectivity index (χ1v) is 30.8. The number of carbonyl (C=O) groups is 6. The Kier molecular flexibility index (Phi) is 22.3. The summed E-state index contributed by atoms with van der Waals surface area (Å²) in [5.41, 5.74) is 10.6. The van der Waals surface area contributed by atoms with E-state index in [4.69, 9.17) is 45.8 Å². The molecule has 0 saturated carbocycles. The highest BCUT2D eigenvalue weighted by Crippen LogP contribution is 2.49. The number of rotatable bonds is 28. The lowest BCUT2D eigenvalue weighted by Gasteiger charge is -2.25. The predicted octanol–water partition coefficient (Wildman–Crippen LogP) is 9.79. The summed E-state index contributed by atoms with van der Waals surface area (Å²) in [7, 11) is 3.07. The number of benzene rings is 6. The Morgan fingerprint density at radius 3 is 1.81 bits per heavy atom. The van der Waals surface area contributed by atoms with Crippen LogP contribution in [0, 0.1) is 11.8 Å². The van der Waals surface area contributed by atoms with Crippen molar-refractivity contribution in [2.24, 2.45) is 5.73 Å². The molecule has 7 aromatic rings. The summed E-state index contributed by atoms with van der Waals surface area (Å²) < 4.78 is 34.4. The average Bonchev–Trinajstić information content (AvgIpc) is 2.22. The first-order valence-electron chi connectivity index (χ1n) is 28.6. The predicted molar refractivity (Wildman–Crippen MR) is 343 cm³/mol. The quantitative estimate of drug-likeness (QED) is 0.0264. The van der Waals surface area contributed by atoms with Crippen molar-refractivity contribution in [3.05, 3.63) is 196 Å². The van der Waals surface area contributed by atoms with Gasteiger partial charge in [-0.3, -0.25) is 38.6 Å². The van der Waals surface area contributed by atoms with Crippen molar-refractivity contribution in [2.45, 2.75) is 67.4 Å². The standard InChI is InChI=1S/C67H66ClN7O12S2/c1-5-7-33-85-49-21-15-45(16-22-49)66-74(48-20-25-52(68)51(36-48)62(69)78)64(80)57(88-66)37-60(76)70-31-29-42-14-27-54(55(34-42)83-4)87-41-73-63(79)47-19-28-59(72-39-47)75-65(81)58(38-61(77)71-32-30-43-13-26-53(82-3)56(35-43)84-6-2)89-67(75)46-17-23-50(24-18-46)86-40-44-11-9-8-10-12-44/h8-28,34-36,39,57-58,66-67H,6,29-33,37-38,40-41H2,1-4H3,(H2,69,78)(H,70,76)(H,71,77)(H,73,79)/t57?,58-,66?,67+/m1/s1. The van der Waals surface area contributed by atoms with Crippen LogP contribution < -0.4 is 59.9 Å². The maximum atomic E-state index is 14.4. The summed E-state index contributed by atoms with van der Waals surface area (Å²) in [6.07, 6.45) is 2.15. The lowest BCUT2D eigenvalue weighted by molar-refractivity contribution is -0.124. The van der Waals surface area contributed by atoms with Crippen LogP contribution in [0.2, 0.25) is 5.02 Å². The molecule has 6 amide bonds. The summed E-state index contributed by atoms with van der Waals surface area (Å²) in [4.78, 5) is 88.8. The number of primary amides is 1. The number of hydrogen-bond donors (Lipinski definition) is 4. The number of amides is 6. The number of thioether (sulfide) groups is 2. The number of hydrogen-bond acceptors (Lipinski definition) is 15. The summed E-state index contributed by atoms with van der Waals surface area (Å²) >= 11 is 8.94. The van der Waals surface area contributed by atoms with Gasteiger partial charge < -0.3 is 50.1 Å². The fraction of sp³-hybridized carbons (Fsp3) is 0.269. The van der Waals surface area contributed by atoms with Crippen molar-refractivity contribution >= 4 is 82.1 Å². The van der Waals surface area contributed by atoms with E-state index in [0.29, 0.717) is 78.6 Å². The second-order valence-corrected chi connectivity index (χ2v) is 23.2. The minimum absolute atomic E-state index is 0.0617. The van der Waals surface area contributed by atoms with Gasteiger partial charge >= 0.3 is 0 Å². The number of aromatic nitrogens is 1. The Bertz CT molecular complexity index is 3720. The Labute approximate surface area is 529 Å². The van der Waals surface area contributed by atoms with Crippen LogP contribution in [-0.2, 0) is 38.6 Å². The number of nitrogens with zero attached hydrogens (tertiary/aromatic N) is 3. The van der Waals surface area contributed by atoms with Crippen LogP contribution in [0.1, 0.15) is 86.0 Å². The van der Waals surface area contributed by atoms with E-state index in [1.807, 2.05) is 97.9 Å². The SMILES string of the molecule is CC#CCOc1ccc(C2SC(CC(=O)NCCc3ccc(OCNC(=O)c4ccc(N5C(=O)[C@@H](CC(=O)NCCc6ccc(OC)c(OCC)c6)S[C@H]5c5ccc(OCc6ccccc6)cc5)nc4)c(OC)c3)C(=O)N2c2ccc(Cl)c(C(N)=O)c2)cc1. The first kappa shape index (κ1) is 64.1. The average molecular weight is 1260 g/mol. The topological polar surface area (TPSA) is 239 Å². The number of nitrogens with two attached hydrogens (primary N) is 1. The van der Waals surface area contributed by atoms with Gasteiger partial charge in [-0.15, -0.1) is 29.4 Å². The molecule has 2 unspecified atom stereocenters. The van der Waals surface area contributed by atoms with Crippen molar-refractivity contribution in [2.75, 3.05) is 57.1 Å². The molecule has 2 aliphatic rings. The lowest BCUT2D eigenvalue weighted by atomic mass is 10.1. The Morgan fingerprint density at radius 1 is 0.629 bits per heavy atom. The van der Waals surface area contributed by atoms with Gasteiger partial charge in [0.1, 0.15) is 41.3 Å². The van der Waals surface area contributed by atoms with Crippen LogP contribution in [0.3, 0.4) is 0 Å². The van der Waals surface area contributed by atoms with Crippen LogP contribution in [0.25, 0.3) is 0 Å². The molecule has 2 saturated heterocycles. The van der Waals surface area contributed by atoms with Gasteiger partial charge in [0.25, 0.3) is 5.91 Å². The molecule has 0 radical (unpaired) electrons. The van der Waals surface area contributed by atoms with E-state index in [1.165, 1.54) is 49.0 Å². The van der Waals surface area contributed by atoms with E-state index in [2.05, 4.69) is 32.8 Å².